The van der Waals surface area contributed by atoms with Crippen LogP contribution in [-0.2, 0) is 9.53 Å². The molecule has 1 atom stereocenters. The zero-order chi connectivity index (χ0) is 16.1. The minimum atomic E-state index is -0.973. The third-order valence-electron chi connectivity index (χ3n) is 2.89. The van der Waals surface area contributed by atoms with Gasteiger partial charge in [0.2, 0.25) is 0 Å². The van der Waals surface area contributed by atoms with E-state index in [9.17, 15) is 9.59 Å². The molecule has 0 bridgehead atoms. The van der Waals surface area contributed by atoms with E-state index in [2.05, 4.69) is 10.3 Å². The number of hydrogen-bond acceptors (Lipinski definition) is 4. The van der Waals surface area contributed by atoms with E-state index < -0.39 is 18.0 Å². The molecule has 7 heteroatoms. The van der Waals surface area contributed by atoms with Crippen LogP contribution in [0.2, 0.25) is 5.02 Å². The molecule has 1 amide bonds. The summed E-state index contributed by atoms with van der Waals surface area (Å²) < 4.78 is 10.2. The monoisotopic (exact) mass is 322 g/mol. The van der Waals surface area contributed by atoms with Gasteiger partial charge >= 0.3 is 5.97 Å². The summed E-state index contributed by atoms with van der Waals surface area (Å²) in [5.41, 5.74) is 0.683. The van der Waals surface area contributed by atoms with E-state index in [1.165, 1.54) is 14.0 Å². The zero-order valence-corrected chi connectivity index (χ0v) is 12.8. The van der Waals surface area contributed by atoms with E-state index in [0.717, 1.165) is 0 Å². The highest BCUT2D eigenvalue weighted by atomic mass is 35.5. The summed E-state index contributed by atoms with van der Waals surface area (Å²) in [5.74, 6) is -0.633. The molecule has 2 rings (SSSR count). The van der Waals surface area contributed by atoms with Crippen molar-refractivity contribution in [2.24, 2.45) is 0 Å². The number of anilines is 1. The van der Waals surface area contributed by atoms with Gasteiger partial charge in [0, 0.05) is 11.2 Å². The quantitative estimate of drug-likeness (QED) is 0.829. The van der Waals surface area contributed by atoms with Crippen LogP contribution in [0.15, 0.2) is 36.5 Å². The number of carbonyl (C=O) groups is 2. The molecule has 116 valence electrons. The van der Waals surface area contributed by atoms with Gasteiger partial charge in [-0.3, -0.25) is 4.79 Å². The van der Waals surface area contributed by atoms with E-state index >= 15 is 0 Å². The maximum Gasteiger partial charge on any atom is 0.355 e. The number of aromatic nitrogens is 1. The second-order valence-corrected chi connectivity index (χ2v) is 4.90. The first-order valence-electron chi connectivity index (χ1n) is 6.50. The van der Waals surface area contributed by atoms with Gasteiger partial charge in [-0.2, -0.15) is 0 Å². The predicted molar refractivity (Wildman–Crippen MR) is 82.3 cm³/mol. The zero-order valence-electron chi connectivity index (χ0n) is 12.1. The number of amides is 1. The Hall–Kier alpha value is -2.47. The minimum absolute atomic E-state index is 0.278. The summed E-state index contributed by atoms with van der Waals surface area (Å²) in [6, 6.07) is 8.06. The molecule has 0 aliphatic carbocycles. The summed E-state index contributed by atoms with van der Waals surface area (Å²) in [7, 11) is 1.48. The van der Waals surface area contributed by atoms with Gasteiger partial charge in [-0.15, -0.1) is 0 Å². The summed E-state index contributed by atoms with van der Waals surface area (Å²) in [5, 5.41) is 3.07. The lowest BCUT2D eigenvalue weighted by molar-refractivity contribution is -0.123. The van der Waals surface area contributed by atoms with Crippen molar-refractivity contribution in [3.63, 3.8) is 0 Å². The Morgan fingerprint density at radius 1 is 1.32 bits per heavy atom. The number of carbonyl (C=O) groups excluding carboxylic acids is 2. The lowest BCUT2D eigenvalue weighted by Gasteiger charge is -2.15. The number of H-pyrrole nitrogens is 1. The number of aromatic amines is 1. The Labute approximate surface area is 132 Å². The average molecular weight is 323 g/mol. The number of hydrogen-bond donors (Lipinski definition) is 2. The highest BCUT2D eigenvalue weighted by molar-refractivity contribution is 6.31. The normalized spacial score (nSPS) is 11.6. The van der Waals surface area contributed by atoms with Gasteiger partial charge in [0.05, 0.1) is 12.8 Å². The Morgan fingerprint density at radius 3 is 2.73 bits per heavy atom. The smallest absolute Gasteiger partial charge is 0.355 e. The molecule has 0 saturated carbocycles. The average Bonchev–Trinajstić information content (AvgIpc) is 3.01. The molecular formula is C15H15ClN2O4. The van der Waals surface area contributed by atoms with Gasteiger partial charge in [0.1, 0.15) is 11.4 Å². The molecule has 0 radical (unpaired) electrons. The van der Waals surface area contributed by atoms with Crippen LogP contribution in [-0.4, -0.2) is 30.1 Å². The van der Waals surface area contributed by atoms with Crippen LogP contribution in [0, 0.1) is 0 Å². The molecule has 6 nitrogen and oxygen atoms in total. The molecule has 0 unspecified atom stereocenters. The van der Waals surface area contributed by atoms with Gasteiger partial charge in [0.25, 0.3) is 5.91 Å². The Balaban J connectivity index is 2.02. The third kappa shape index (κ3) is 3.79. The summed E-state index contributed by atoms with van der Waals surface area (Å²) >= 11 is 5.89. The molecule has 1 aromatic heterocycles. The molecular weight excluding hydrogens is 308 g/mol. The van der Waals surface area contributed by atoms with Crippen molar-refractivity contribution in [1.29, 1.82) is 0 Å². The Bertz CT molecular complexity index is 670. The fourth-order valence-corrected chi connectivity index (χ4v) is 1.92. The van der Waals surface area contributed by atoms with Crippen molar-refractivity contribution in [2.45, 2.75) is 13.0 Å². The van der Waals surface area contributed by atoms with Crippen molar-refractivity contribution >= 4 is 29.2 Å². The van der Waals surface area contributed by atoms with Crippen LogP contribution in [0.25, 0.3) is 0 Å². The van der Waals surface area contributed by atoms with Crippen LogP contribution in [0.4, 0.5) is 5.69 Å². The van der Waals surface area contributed by atoms with E-state index in [1.807, 2.05) is 0 Å². The standard InChI is InChI=1S/C15H15ClN2O4/c1-9(22-15(20)11-4-3-7-17-11)14(19)18-12-8-10(16)5-6-13(12)21-2/h3-9,17H,1-2H3,(H,18,19)/t9-/m1/s1. The lowest BCUT2D eigenvalue weighted by Crippen LogP contribution is -2.30. The fourth-order valence-electron chi connectivity index (χ4n) is 1.75. The topological polar surface area (TPSA) is 80.4 Å². The van der Waals surface area contributed by atoms with Crippen molar-refractivity contribution < 1.29 is 19.1 Å². The molecule has 0 spiro atoms. The Morgan fingerprint density at radius 2 is 2.09 bits per heavy atom. The van der Waals surface area contributed by atoms with Gasteiger partial charge in [-0.05, 0) is 37.3 Å². The van der Waals surface area contributed by atoms with E-state index in [-0.39, 0.29) is 5.69 Å². The number of ether oxygens (including phenoxy) is 2. The Kier molecular flexibility index (Phi) is 5.06. The highest BCUT2D eigenvalue weighted by Gasteiger charge is 2.20. The first kappa shape index (κ1) is 15.9. The first-order valence-corrected chi connectivity index (χ1v) is 6.88. The van der Waals surface area contributed by atoms with Crippen LogP contribution in [0.5, 0.6) is 5.75 Å². The number of benzene rings is 1. The third-order valence-corrected chi connectivity index (χ3v) is 3.13. The molecule has 2 N–H and O–H groups in total. The van der Waals surface area contributed by atoms with Crippen LogP contribution < -0.4 is 10.1 Å². The van der Waals surface area contributed by atoms with Crippen molar-refractivity contribution in [3.05, 3.63) is 47.2 Å². The maximum absolute atomic E-state index is 12.1. The van der Waals surface area contributed by atoms with Crippen LogP contribution in [0.1, 0.15) is 17.4 Å². The summed E-state index contributed by atoms with van der Waals surface area (Å²) in [4.78, 5) is 26.6. The number of halogens is 1. The summed E-state index contributed by atoms with van der Waals surface area (Å²) in [6.45, 7) is 1.48. The molecule has 1 heterocycles. The van der Waals surface area contributed by atoms with Gasteiger partial charge in [-0.1, -0.05) is 11.6 Å². The molecule has 1 aromatic carbocycles. The van der Waals surface area contributed by atoms with E-state index in [0.29, 0.717) is 16.5 Å². The molecule has 22 heavy (non-hydrogen) atoms. The maximum atomic E-state index is 12.1. The highest BCUT2D eigenvalue weighted by Crippen LogP contribution is 2.27. The summed E-state index contributed by atoms with van der Waals surface area (Å²) in [6.07, 6.45) is 0.623. The number of nitrogens with one attached hydrogen (secondary N) is 2. The lowest BCUT2D eigenvalue weighted by atomic mass is 10.2. The number of esters is 1. The molecule has 0 saturated heterocycles. The second kappa shape index (κ2) is 7.00. The van der Waals surface area contributed by atoms with E-state index in [1.54, 1.807) is 36.5 Å². The van der Waals surface area contributed by atoms with E-state index in [4.69, 9.17) is 21.1 Å². The fraction of sp³-hybridized carbons (Fsp3) is 0.200. The van der Waals surface area contributed by atoms with Crippen molar-refractivity contribution in [1.82, 2.24) is 4.98 Å². The van der Waals surface area contributed by atoms with Crippen molar-refractivity contribution in [2.75, 3.05) is 12.4 Å². The van der Waals surface area contributed by atoms with Gasteiger partial charge in [0.15, 0.2) is 6.10 Å². The molecule has 0 aliphatic rings. The molecule has 0 fully saturated rings. The first-order chi connectivity index (χ1) is 10.5. The number of rotatable bonds is 5. The minimum Gasteiger partial charge on any atom is -0.495 e. The van der Waals surface area contributed by atoms with Gasteiger partial charge < -0.3 is 19.8 Å². The van der Waals surface area contributed by atoms with Crippen molar-refractivity contribution in [3.8, 4) is 5.75 Å². The van der Waals surface area contributed by atoms with Gasteiger partial charge in [-0.25, -0.2) is 4.79 Å². The number of methoxy groups -OCH3 is 1. The SMILES string of the molecule is COc1ccc(Cl)cc1NC(=O)[C@@H](C)OC(=O)c1ccc[nH]1. The molecule has 0 aliphatic heterocycles. The van der Waals surface area contributed by atoms with Crippen LogP contribution >= 0.6 is 11.6 Å². The largest absolute Gasteiger partial charge is 0.495 e. The predicted octanol–water partition coefficient (Wildman–Crippen LogP) is 2.86. The van der Waals surface area contributed by atoms with Crippen LogP contribution in [0.3, 0.4) is 0 Å². The molecule has 2 aromatic rings. The second-order valence-electron chi connectivity index (χ2n) is 4.47.